The molecule has 0 saturated carbocycles. The maximum Gasteiger partial charge on any atom is 0.390 e. The number of fused-ring (bicyclic) bond motifs is 1. The van der Waals surface area contributed by atoms with E-state index in [4.69, 9.17) is 0 Å². The molecule has 0 fully saturated rings. The average molecular weight is 232 g/mol. The summed E-state index contributed by atoms with van der Waals surface area (Å²) in [6, 6.07) is 1.72. The molecule has 0 saturated heterocycles. The fraction of sp³-hybridized carbons (Fsp3) is 0.300. The lowest BCUT2D eigenvalue weighted by atomic mass is 10.3. The van der Waals surface area contributed by atoms with E-state index in [1.807, 2.05) is 0 Å². The zero-order valence-electron chi connectivity index (χ0n) is 8.29. The molecule has 16 heavy (non-hydrogen) atoms. The number of hydrogen-bond donors (Lipinski definition) is 0. The molecule has 0 aliphatic rings. The summed E-state index contributed by atoms with van der Waals surface area (Å²) in [5.74, 6) is -0.133. The van der Waals surface area contributed by atoms with Gasteiger partial charge in [0.15, 0.2) is 0 Å². The number of imidazole rings is 1. The molecule has 0 spiro atoms. The van der Waals surface area contributed by atoms with E-state index in [2.05, 4.69) is 4.98 Å². The van der Waals surface area contributed by atoms with Gasteiger partial charge in [-0.3, -0.25) is 4.57 Å². The maximum absolute atomic E-state index is 13.3. The van der Waals surface area contributed by atoms with Crippen LogP contribution < -0.4 is 0 Å². The van der Waals surface area contributed by atoms with Gasteiger partial charge < -0.3 is 0 Å². The molecule has 6 heteroatoms. The summed E-state index contributed by atoms with van der Waals surface area (Å²) in [6.07, 6.45) is -3.76. The Balaban J connectivity index is 2.73. The predicted octanol–water partition coefficient (Wildman–Crippen LogP) is 3.16. The first-order chi connectivity index (χ1) is 7.44. The molecule has 2 rings (SSSR count). The first kappa shape index (κ1) is 10.9. The molecule has 1 aromatic heterocycles. The number of alkyl halides is 4. The van der Waals surface area contributed by atoms with Gasteiger partial charge in [-0.25, -0.2) is 13.8 Å². The van der Waals surface area contributed by atoms with Gasteiger partial charge in [0.25, 0.3) is 0 Å². The largest absolute Gasteiger partial charge is 0.390 e. The Kier molecular flexibility index (Phi) is 2.36. The Morgan fingerprint density at radius 1 is 1.25 bits per heavy atom. The smallest absolute Gasteiger partial charge is 0.263 e. The molecule has 86 valence electrons. The Morgan fingerprint density at radius 2 is 1.88 bits per heavy atom. The number of halogens is 4. The first-order valence-corrected chi connectivity index (χ1v) is 4.55. The number of nitrogens with zero attached hydrogens (tertiary/aromatic N) is 2. The molecule has 2 aromatic rings. The van der Waals surface area contributed by atoms with Crippen molar-refractivity contribution >= 4 is 11.0 Å². The third-order valence-corrected chi connectivity index (χ3v) is 2.29. The van der Waals surface area contributed by atoms with Crippen molar-refractivity contribution in [3.63, 3.8) is 0 Å². The van der Waals surface area contributed by atoms with Gasteiger partial charge in [-0.05, 0) is 19.1 Å². The molecule has 1 aromatic carbocycles. The molecule has 0 bridgehead atoms. The van der Waals surface area contributed by atoms with Crippen LogP contribution in [0.15, 0.2) is 24.3 Å². The highest BCUT2D eigenvalue weighted by atomic mass is 19.3. The highest BCUT2D eigenvalue weighted by Crippen LogP contribution is 2.33. The van der Waals surface area contributed by atoms with E-state index in [-0.39, 0.29) is 21.4 Å². The SMILES string of the molecule is Cc1nc2ccccc2n1C(F)(F)C(F)F. The average Bonchev–Trinajstić information content (AvgIpc) is 2.53. The van der Waals surface area contributed by atoms with Crippen LogP contribution >= 0.6 is 0 Å². The van der Waals surface area contributed by atoms with Crippen molar-refractivity contribution in [2.24, 2.45) is 0 Å². The number of para-hydroxylation sites is 2. The van der Waals surface area contributed by atoms with Crippen molar-refractivity contribution in [2.75, 3.05) is 0 Å². The van der Waals surface area contributed by atoms with Gasteiger partial charge in [0.05, 0.1) is 11.0 Å². The quantitative estimate of drug-likeness (QED) is 0.727. The monoisotopic (exact) mass is 232 g/mol. The van der Waals surface area contributed by atoms with E-state index in [9.17, 15) is 17.6 Å². The van der Waals surface area contributed by atoms with Crippen LogP contribution in [0.2, 0.25) is 0 Å². The Bertz CT molecular complexity index is 519. The van der Waals surface area contributed by atoms with Crippen LogP contribution in [0.4, 0.5) is 17.6 Å². The van der Waals surface area contributed by atoms with Crippen molar-refractivity contribution < 1.29 is 17.6 Å². The van der Waals surface area contributed by atoms with Gasteiger partial charge in [-0.15, -0.1) is 0 Å². The zero-order chi connectivity index (χ0) is 11.9. The lowest BCUT2D eigenvalue weighted by Crippen LogP contribution is -2.32. The van der Waals surface area contributed by atoms with Gasteiger partial charge in [-0.2, -0.15) is 8.78 Å². The summed E-state index contributed by atoms with van der Waals surface area (Å²) in [4.78, 5) is 3.81. The van der Waals surface area contributed by atoms with Crippen LogP contribution in [-0.2, 0) is 6.05 Å². The highest BCUT2D eigenvalue weighted by Gasteiger charge is 2.44. The van der Waals surface area contributed by atoms with E-state index >= 15 is 0 Å². The summed E-state index contributed by atoms with van der Waals surface area (Å²) in [7, 11) is 0. The van der Waals surface area contributed by atoms with Crippen molar-refractivity contribution in [2.45, 2.75) is 19.4 Å². The molecule has 0 N–H and O–H groups in total. The summed E-state index contributed by atoms with van der Waals surface area (Å²) in [5, 5.41) is 0. The van der Waals surface area contributed by atoms with E-state index in [1.165, 1.54) is 25.1 Å². The lowest BCUT2D eigenvalue weighted by molar-refractivity contribution is -0.187. The minimum atomic E-state index is -4.24. The van der Waals surface area contributed by atoms with Crippen LogP contribution in [0, 0.1) is 6.92 Å². The van der Waals surface area contributed by atoms with Gasteiger partial charge >= 0.3 is 12.5 Å². The van der Waals surface area contributed by atoms with Gasteiger partial charge in [0, 0.05) is 0 Å². The van der Waals surface area contributed by atoms with Gasteiger partial charge in [0.2, 0.25) is 0 Å². The molecular weight excluding hydrogens is 224 g/mol. The number of aromatic nitrogens is 2. The molecule has 0 unspecified atom stereocenters. The Hall–Kier alpha value is -1.59. The predicted molar refractivity (Wildman–Crippen MR) is 50.7 cm³/mol. The van der Waals surface area contributed by atoms with Crippen molar-refractivity contribution in [1.82, 2.24) is 9.55 Å². The topological polar surface area (TPSA) is 17.8 Å². The summed E-state index contributed by atoms with van der Waals surface area (Å²) >= 11 is 0. The molecular formula is C10H8F4N2. The van der Waals surface area contributed by atoms with E-state index in [0.29, 0.717) is 0 Å². The molecule has 0 aliphatic carbocycles. The lowest BCUT2D eigenvalue weighted by Gasteiger charge is -2.18. The van der Waals surface area contributed by atoms with Crippen LogP contribution in [0.25, 0.3) is 11.0 Å². The summed E-state index contributed by atoms with van der Waals surface area (Å²) in [6.45, 7) is 1.27. The Morgan fingerprint density at radius 3 is 2.50 bits per heavy atom. The number of hydrogen-bond acceptors (Lipinski definition) is 1. The number of rotatable bonds is 2. The Labute approximate surface area is 88.5 Å². The number of aryl methyl sites for hydroxylation is 1. The second-order valence-corrected chi connectivity index (χ2v) is 3.37. The zero-order valence-corrected chi connectivity index (χ0v) is 8.29. The third-order valence-electron chi connectivity index (χ3n) is 2.29. The van der Waals surface area contributed by atoms with E-state index in [1.54, 1.807) is 6.07 Å². The van der Waals surface area contributed by atoms with Crippen LogP contribution in [0.5, 0.6) is 0 Å². The van der Waals surface area contributed by atoms with Crippen molar-refractivity contribution in [1.29, 1.82) is 0 Å². The van der Waals surface area contributed by atoms with Crippen LogP contribution in [0.1, 0.15) is 5.82 Å². The second-order valence-electron chi connectivity index (χ2n) is 3.37. The summed E-state index contributed by atoms with van der Waals surface area (Å²) < 4.78 is 51.4. The molecule has 0 aliphatic heterocycles. The van der Waals surface area contributed by atoms with Crippen molar-refractivity contribution in [3.05, 3.63) is 30.1 Å². The van der Waals surface area contributed by atoms with Crippen LogP contribution in [0.3, 0.4) is 0 Å². The standard InChI is InChI=1S/C10H8F4N2/c1-6-15-7-4-2-3-5-8(7)16(6)10(13,14)9(11)12/h2-5,9H,1H3. The third kappa shape index (κ3) is 1.45. The molecule has 2 nitrogen and oxygen atoms in total. The second kappa shape index (κ2) is 3.47. The highest BCUT2D eigenvalue weighted by molar-refractivity contribution is 5.76. The number of benzene rings is 1. The fourth-order valence-corrected chi connectivity index (χ4v) is 1.62. The molecule has 0 radical (unpaired) electrons. The minimum Gasteiger partial charge on any atom is -0.263 e. The minimum absolute atomic E-state index is 0.00491. The normalized spacial score (nSPS) is 12.6. The molecule has 1 heterocycles. The van der Waals surface area contributed by atoms with Crippen molar-refractivity contribution in [3.8, 4) is 0 Å². The van der Waals surface area contributed by atoms with Gasteiger partial charge in [0.1, 0.15) is 5.82 Å². The summed E-state index contributed by atoms with van der Waals surface area (Å²) in [5.41, 5.74) is 0.283. The maximum atomic E-state index is 13.3. The first-order valence-electron chi connectivity index (χ1n) is 4.55. The van der Waals surface area contributed by atoms with E-state index < -0.39 is 12.5 Å². The fourth-order valence-electron chi connectivity index (χ4n) is 1.62. The van der Waals surface area contributed by atoms with Crippen LogP contribution in [-0.4, -0.2) is 16.0 Å². The molecule has 0 amide bonds. The van der Waals surface area contributed by atoms with Gasteiger partial charge in [-0.1, -0.05) is 12.1 Å². The van der Waals surface area contributed by atoms with E-state index in [0.717, 1.165) is 0 Å². The molecule has 0 atom stereocenters.